The van der Waals surface area contributed by atoms with Crippen molar-refractivity contribution in [3.63, 3.8) is 0 Å². The number of carbonyl (C=O) groups excluding carboxylic acids is 1. The number of hydrogen-bond donors (Lipinski definition) is 0. The molecular weight excluding hydrogens is 412 g/mol. The highest BCUT2D eigenvalue weighted by Crippen LogP contribution is 2.29. The number of anilines is 1. The second-order valence-corrected chi connectivity index (χ2v) is 8.56. The van der Waals surface area contributed by atoms with Gasteiger partial charge in [-0.25, -0.2) is 4.98 Å². The standard InChI is InChI=1S/C27H30N4O2/c32-27(24-11-12-25(28-21-24)29-17-19-33-20-18-29)31-15-13-30(14-16-31)26(22-7-3-1-4-8-22)23-9-5-2-6-10-23/h1-12,21,26H,13-20H2. The fraction of sp³-hybridized carbons (Fsp3) is 0.333. The van der Waals surface area contributed by atoms with E-state index in [1.165, 1.54) is 11.1 Å². The van der Waals surface area contributed by atoms with Crippen molar-refractivity contribution in [3.8, 4) is 0 Å². The molecule has 2 saturated heterocycles. The molecule has 0 N–H and O–H groups in total. The number of benzene rings is 2. The third-order valence-corrected chi connectivity index (χ3v) is 6.53. The van der Waals surface area contributed by atoms with Crippen LogP contribution < -0.4 is 4.90 Å². The molecule has 2 aromatic carbocycles. The summed E-state index contributed by atoms with van der Waals surface area (Å²) < 4.78 is 5.41. The van der Waals surface area contributed by atoms with Gasteiger partial charge >= 0.3 is 0 Å². The Kier molecular flexibility index (Phi) is 6.65. The Labute approximate surface area is 195 Å². The average Bonchev–Trinajstić information content (AvgIpc) is 2.91. The Morgan fingerprint density at radius 1 is 0.758 bits per heavy atom. The molecule has 2 fully saturated rings. The summed E-state index contributed by atoms with van der Waals surface area (Å²) in [5.74, 6) is 0.972. The van der Waals surface area contributed by atoms with E-state index >= 15 is 0 Å². The second-order valence-electron chi connectivity index (χ2n) is 8.56. The van der Waals surface area contributed by atoms with Crippen LogP contribution in [0, 0.1) is 0 Å². The molecule has 2 aliphatic rings. The molecule has 1 aromatic heterocycles. The van der Waals surface area contributed by atoms with Crippen molar-refractivity contribution >= 4 is 11.7 Å². The van der Waals surface area contributed by atoms with Gasteiger partial charge in [-0.1, -0.05) is 60.7 Å². The molecule has 3 aromatic rings. The van der Waals surface area contributed by atoms with Gasteiger partial charge in [0.25, 0.3) is 5.91 Å². The first-order valence-electron chi connectivity index (χ1n) is 11.7. The summed E-state index contributed by atoms with van der Waals surface area (Å²) in [5.41, 5.74) is 3.22. The highest BCUT2D eigenvalue weighted by atomic mass is 16.5. The molecule has 170 valence electrons. The van der Waals surface area contributed by atoms with Gasteiger partial charge in [-0.05, 0) is 23.3 Å². The van der Waals surface area contributed by atoms with Crippen LogP contribution in [0.2, 0.25) is 0 Å². The minimum absolute atomic E-state index is 0.0617. The normalized spacial score (nSPS) is 17.4. The first-order valence-corrected chi connectivity index (χ1v) is 11.7. The van der Waals surface area contributed by atoms with Crippen molar-refractivity contribution in [2.75, 3.05) is 57.4 Å². The zero-order valence-corrected chi connectivity index (χ0v) is 18.8. The highest BCUT2D eigenvalue weighted by molar-refractivity contribution is 5.94. The SMILES string of the molecule is O=C(c1ccc(N2CCOCC2)nc1)N1CCN(C(c2ccccc2)c2ccccc2)CC1. The highest BCUT2D eigenvalue weighted by Gasteiger charge is 2.28. The van der Waals surface area contributed by atoms with E-state index in [0.717, 1.165) is 45.2 Å². The van der Waals surface area contributed by atoms with Gasteiger partial charge in [0.15, 0.2) is 0 Å². The van der Waals surface area contributed by atoms with Gasteiger partial charge in [0.2, 0.25) is 0 Å². The van der Waals surface area contributed by atoms with Crippen LogP contribution in [0.3, 0.4) is 0 Å². The fourth-order valence-corrected chi connectivity index (χ4v) is 4.74. The predicted molar refractivity (Wildman–Crippen MR) is 129 cm³/mol. The van der Waals surface area contributed by atoms with E-state index in [0.29, 0.717) is 18.7 Å². The zero-order valence-electron chi connectivity index (χ0n) is 18.8. The molecule has 6 nitrogen and oxygen atoms in total. The number of amides is 1. The Bertz CT molecular complexity index is 989. The van der Waals surface area contributed by atoms with E-state index in [1.54, 1.807) is 6.20 Å². The smallest absolute Gasteiger partial charge is 0.255 e. The van der Waals surface area contributed by atoms with E-state index < -0.39 is 0 Å². The lowest BCUT2D eigenvalue weighted by molar-refractivity contribution is 0.0597. The number of piperazine rings is 1. The van der Waals surface area contributed by atoms with Gasteiger partial charge in [-0.2, -0.15) is 0 Å². The first kappa shape index (κ1) is 21.6. The maximum Gasteiger partial charge on any atom is 0.255 e. The van der Waals surface area contributed by atoms with Crippen molar-refractivity contribution in [3.05, 3.63) is 95.7 Å². The van der Waals surface area contributed by atoms with Crippen LogP contribution in [0.5, 0.6) is 0 Å². The molecule has 2 aliphatic heterocycles. The molecule has 0 atom stereocenters. The molecular formula is C27H30N4O2. The van der Waals surface area contributed by atoms with Crippen LogP contribution in [0.4, 0.5) is 5.82 Å². The van der Waals surface area contributed by atoms with Crippen LogP contribution in [0.1, 0.15) is 27.5 Å². The molecule has 0 spiro atoms. The maximum atomic E-state index is 13.1. The predicted octanol–water partition coefficient (Wildman–Crippen LogP) is 3.47. The number of aromatic nitrogens is 1. The lowest BCUT2D eigenvalue weighted by Crippen LogP contribution is -2.49. The summed E-state index contributed by atoms with van der Waals surface area (Å²) >= 11 is 0. The average molecular weight is 443 g/mol. The van der Waals surface area contributed by atoms with Crippen LogP contribution >= 0.6 is 0 Å². The molecule has 3 heterocycles. The van der Waals surface area contributed by atoms with Crippen LogP contribution in [-0.4, -0.2) is 73.2 Å². The number of morpholine rings is 1. The summed E-state index contributed by atoms with van der Waals surface area (Å²) in [6.45, 7) is 6.21. The zero-order chi connectivity index (χ0) is 22.5. The van der Waals surface area contributed by atoms with Crippen LogP contribution in [0.25, 0.3) is 0 Å². The molecule has 1 amide bonds. The third kappa shape index (κ3) is 4.92. The van der Waals surface area contributed by atoms with Gasteiger partial charge < -0.3 is 14.5 Å². The number of carbonyl (C=O) groups is 1. The molecule has 33 heavy (non-hydrogen) atoms. The molecule has 6 heteroatoms. The van der Waals surface area contributed by atoms with Crippen molar-refractivity contribution in [2.24, 2.45) is 0 Å². The molecule has 0 radical (unpaired) electrons. The summed E-state index contributed by atoms with van der Waals surface area (Å²) in [7, 11) is 0. The summed E-state index contributed by atoms with van der Waals surface area (Å²) in [4.78, 5) is 24.3. The van der Waals surface area contributed by atoms with Crippen molar-refractivity contribution < 1.29 is 9.53 Å². The Hall–Kier alpha value is -3.22. The van der Waals surface area contributed by atoms with E-state index in [2.05, 4.69) is 75.4 Å². The van der Waals surface area contributed by atoms with Gasteiger partial charge in [0.05, 0.1) is 24.8 Å². The number of ether oxygens (including phenoxy) is 1. The van der Waals surface area contributed by atoms with Gasteiger partial charge in [0.1, 0.15) is 5.82 Å². The minimum atomic E-state index is 0.0617. The van der Waals surface area contributed by atoms with Gasteiger partial charge in [0, 0.05) is 45.5 Å². The number of nitrogens with zero attached hydrogens (tertiary/aromatic N) is 4. The quantitative estimate of drug-likeness (QED) is 0.606. The Balaban J connectivity index is 1.25. The molecule has 0 saturated carbocycles. The number of rotatable bonds is 5. The monoisotopic (exact) mass is 442 g/mol. The molecule has 0 bridgehead atoms. The summed E-state index contributed by atoms with van der Waals surface area (Å²) in [6.07, 6.45) is 1.72. The summed E-state index contributed by atoms with van der Waals surface area (Å²) in [6, 6.07) is 25.3. The molecule has 0 aliphatic carbocycles. The lowest BCUT2D eigenvalue weighted by atomic mass is 9.96. The van der Waals surface area contributed by atoms with E-state index in [9.17, 15) is 4.79 Å². The summed E-state index contributed by atoms with van der Waals surface area (Å²) in [5, 5.41) is 0. The van der Waals surface area contributed by atoms with Crippen molar-refractivity contribution in [2.45, 2.75) is 6.04 Å². The van der Waals surface area contributed by atoms with Crippen LogP contribution in [-0.2, 0) is 4.74 Å². The minimum Gasteiger partial charge on any atom is -0.378 e. The van der Waals surface area contributed by atoms with Crippen molar-refractivity contribution in [1.29, 1.82) is 0 Å². The number of pyridine rings is 1. The molecule has 0 unspecified atom stereocenters. The van der Waals surface area contributed by atoms with E-state index in [1.807, 2.05) is 17.0 Å². The Morgan fingerprint density at radius 2 is 1.36 bits per heavy atom. The Morgan fingerprint density at radius 3 is 1.91 bits per heavy atom. The molecule has 5 rings (SSSR count). The second kappa shape index (κ2) is 10.1. The van der Waals surface area contributed by atoms with Crippen LogP contribution in [0.15, 0.2) is 79.0 Å². The maximum absolute atomic E-state index is 13.1. The van der Waals surface area contributed by atoms with Crippen molar-refractivity contribution in [1.82, 2.24) is 14.8 Å². The van der Waals surface area contributed by atoms with E-state index in [4.69, 9.17) is 4.74 Å². The van der Waals surface area contributed by atoms with Gasteiger partial charge in [-0.3, -0.25) is 9.69 Å². The first-order chi connectivity index (χ1) is 16.3. The van der Waals surface area contributed by atoms with E-state index in [-0.39, 0.29) is 11.9 Å². The third-order valence-electron chi connectivity index (χ3n) is 6.53. The topological polar surface area (TPSA) is 48.9 Å². The number of hydrogen-bond acceptors (Lipinski definition) is 5. The lowest BCUT2D eigenvalue weighted by Gasteiger charge is -2.39. The fourth-order valence-electron chi connectivity index (χ4n) is 4.74. The van der Waals surface area contributed by atoms with Gasteiger partial charge in [-0.15, -0.1) is 0 Å². The largest absolute Gasteiger partial charge is 0.378 e.